The molecule has 0 radical (unpaired) electrons. The lowest BCUT2D eigenvalue weighted by atomic mass is 9.98. The van der Waals surface area contributed by atoms with Crippen LogP contribution in [0.2, 0.25) is 0 Å². The minimum atomic E-state index is -0.168. The van der Waals surface area contributed by atoms with Crippen LogP contribution in [-0.2, 0) is 11.3 Å². The highest BCUT2D eigenvalue weighted by Gasteiger charge is 2.33. The minimum absolute atomic E-state index is 0.0161. The smallest absolute Gasteiger partial charge is 0.253 e. The Hall–Kier alpha value is -3.71. The molecule has 0 saturated carbocycles. The fraction of sp³-hybridized carbons (Fsp3) is 0.241. The van der Waals surface area contributed by atoms with Crippen LogP contribution in [-0.4, -0.2) is 41.2 Å². The van der Waals surface area contributed by atoms with Crippen molar-refractivity contribution in [3.63, 3.8) is 0 Å². The number of carbonyl (C=O) groups excluding carboxylic acids is 1. The van der Waals surface area contributed by atoms with Gasteiger partial charge in [-0.05, 0) is 60.5 Å². The Balaban J connectivity index is 1.41. The first-order valence-corrected chi connectivity index (χ1v) is 13.0. The van der Waals surface area contributed by atoms with E-state index in [9.17, 15) is 4.79 Å². The van der Waals surface area contributed by atoms with E-state index in [1.807, 2.05) is 60.7 Å². The van der Waals surface area contributed by atoms with E-state index in [0.29, 0.717) is 12.2 Å². The summed E-state index contributed by atoms with van der Waals surface area (Å²) in [6, 6.07) is 23.9. The normalized spacial score (nSPS) is 15.2. The zero-order valence-electron chi connectivity index (χ0n) is 20.7. The number of hydrazone groups is 1. The van der Waals surface area contributed by atoms with Gasteiger partial charge in [0, 0.05) is 35.0 Å². The van der Waals surface area contributed by atoms with Crippen LogP contribution < -0.4 is 9.47 Å². The lowest BCUT2D eigenvalue weighted by Crippen LogP contribution is -2.28. The van der Waals surface area contributed by atoms with Crippen molar-refractivity contribution in [1.82, 2.24) is 9.58 Å². The fourth-order valence-electron chi connectivity index (χ4n) is 4.58. The molecule has 3 aromatic carbocycles. The number of aromatic nitrogens is 1. The molecule has 5 rings (SSSR count). The zero-order valence-corrected chi connectivity index (χ0v) is 21.5. The number of carbonyl (C=O) groups is 1. The Morgan fingerprint density at radius 3 is 2.31 bits per heavy atom. The molecule has 1 aliphatic heterocycles. The molecule has 6 nitrogen and oxygen atoms in total. The number of methoxy groups -OCH3 is 2. The quantitative estimate of drug-likeness (QED) is 0.273. The van der Waals surface area contributed by atoms with Gasteiger partial charge in [-0.25, -0.2) is 5.01 Å². The predicted molar refractivity (Wildman–Crippen MR) is 145 cm³/mol. The highest BCUT2D eigenvalue weighted by Crippen LogP contribution is 2.36. The Morgan fingerprint density at radius 2 is 1.64 bits per heavy atom. The molecule has 0 N–H and O–H groups in total. The van der Waals surface area contributed by atoms with Gasteiger partial charge in [-0.3, -0.25) is 4.79 Å². The molecule has 1 aliphatic rings. The van der Waals surface area contributed by atoms with E-state index < -0.39 is 0 Å². The summed E-state index contributed by atoms with van der Waals surface area (Å²) >= 11 is 1.57. The molecule has 184 valence electrons. The van der Waals surface area contributed by atoms with E-state index in [4.69, 9.17) is 14.6 Å². The summed E-state index contributed by atoms with van der Waals surface area (Å²) in [5.74, 6) is 1.87. The van der Waals surface area contributed by atoms with Gasteiger partial charge in [-0.1, -0.05) is 30.3 Å². The second-order valence-corrected chi connectivity index (χ2v) is 9.61. The third-order valence-electron chi connectivity index (χ3n) is 6.53. The van der Waals surface area contributed by atoms with E-state index in [2.05, 4.69) is 29.8 Å². The number of nitrogens with zero attached hydrogens (tertiary/aromatic N) is 3. The SMILES string of the molecule is CCn1cc(SCC(=O)N2N=C(c3ccc(OC)cc3)C[C@@H]2c2ccc(OC)cc2)c2ccccc21. The molecule has 0 spiro atoms. The van der Waals surface area contributed by atoms with E-state index in [0.717, 1.165) is 39.8 Å². The van der Waals surface area contributed by atoms with Crippen molar-refractivity contribution in [1.29, 1.82) is 0 Å². The maximum atomic E-state index is 13.6. The summed E-state index contributed by atoms with van der Waals surface area (Å²) in [5.41, 5.74) is 4.10. The minimum Gasteiger partial charge on any atom is -0.497 e. The Labute approximate surface area is 215 Å². The molecule has 7 heteroatoms. The lowest BCUT2D eigenvalue weighted by molar-refractivity contribution is -0.130. The van der Waals surface area contributed by atoms with Crippen molar-refractivity contribution in [3.05, 3.63) is 90.1 Å². The third-order valence-corrected chi connectivity index (χ3v) is 7.56. The Morgan fingerprint density at radius 1 is 0.972 bits per heavy atom. The first-order valence-electron chi connectivity index (χ1n) is 12.0. The maximum Gasteiger partial charge on any atom is 0.253 e. The Bertz CT molecular complexity index is 1390. The zero-order chi connectivity index (χ0) is 25.1. The average Bonchev–Trinajstić information content (AvgIpc) is 3.54. The fourth-order valence-corrected chi connectivity index (χ4v) is 5.52. The molecule has 0 fully saturated rings. The van der Waals surface area contributed by atoms with Gasteiger partial charge in [-0.15, -0.1) is 11.8 Å². The molecule has 0 saturated heterocycles. The van der Waals surface area contributed by atoms with Gasteiger partial charge in [0.25, 0.3) is 5.91 Å². The van der Waals surface area contributed by atoms with Crippen LogP contribution >= 0.6 is 11.8 Å². The third kappa shape index (κ3) is 4.71. The average molecular weight is 500 g/mol. The van der Waals surface area contributed by atoms with Crippen LogP contribution in [0.25, 0.3) is 10.9 Å². The molecule has 0 aliphatic carbocycles. The standard InChI is InChI=1S/C29H29N3O3S/c1-4-31-18-28(24-7-5-6-8-26(24)31)36-19-29(33)32-27(21-11-15-23(35-3)16-12-21)17-25(30-32)20-9-13-22(34-2)14-10-20/h5-16,18,27H,4,17,19H2,1-3H3/t27-/m1/s1. The van der Waals surface area contributed by atoms with Crippen molar-refractivity contribution in [2.24, 2.45) is 5.10 Å². The van der Waals surface area contributed by atoms with Crippen molar-refractivity contribution < 1.29 is 14.3 Å². The molecular weight excluding hydrogens is 470 g/mol. The monoisotopic (exact) mass is 499 g/mol. The summed E-state index contributed by atoms with van der Waals surface area (Å²) in [7, 11) is 3.30. The first kappa shape index (κ1) is 24.0. The molecule has 0 unspecified atom stereocenters. The molecule has 1 atom stereocenters. The summed E-state index contributed by atoms with van der Waals surface area (Å²) in [5, 5.41) is 7.65. The van der Waals surface area contributed by atoms with Crippen LogP contribution in [0.3, 0.4) is 0 Å². The lowest BCUT2D eigenvalue weighted by Gasteiger charge is -2.22. The van der Waals surface area contributed by atoms with E-state index in [1.165, 1.54) is 10.9 Å². The van der Waals surface area contributed by atoms with E-state index >= 15 is 0 Å². The molecular formula is C29H29N3O3S. The molecule has 0 bridgehead atoms. The van der Waals surface area contributed by atoms with Crippen molar-refractivity contribution >= 4 is 34.3 Å². The van der Waals surface area contributed by atoms with Gasteiger partial charge < -0.3 is 14.0 Å². The topological polar surface area (TPSA) is 56.1 Å². The highest BCUT2D eigenvalue weighted by atomic mass is 32.2. The van der Waals surface area contributed by atoms with Crippen molar-refractivity contribution in [3.8, 4) is 11.5 Å². The van der Waals surface area contributed by atoms with Crippen LogP contribution in [0, 0.1) is 0 Å². The second-order valence-electron chi connectivity index (χ2n) is 8.59. The van der Waals surface area contributed by atoms with Crippen LogP contribution in [0.15, 0.2) is 89.0 Å². The number of hydrogen-bond acceptors (Lipinski definition) is 5. The number of aryl methyl sites for hydroxylation is 1. The van der Waals surface area contributed by atoms with Crippen molar-refractivity contribution in [2.75, 3.05) is 20.0 Å². The number of ether oxygens (including phenoxy) is 2. The van der Waals surface area contributed by atoms with Gasteiger partial charge in [0.15, 0.2) is 0 Å². The summed E-state index contributed by atoms with van der Waals surface area (Å²) in [6.45, 7) is 3.02. The highest BCUT2D eigenvalue weighted by molar-refractivity contribution is 8.00. The van der Waals surface area contributed by atoms with Crippen LogP contribution in [0.4, 0.5) is 0 Å². The van der Waals surface area contributed by atoms with Crippen molar-refractivity contribution in [2.45, 2.75) is 30.8 Å². The summed E-state index contributed by atoms with van der Waals surface area (Å²) in [6.07, 6.45) is 2.78. The number of amides is 1. The van der Waals surface area contributed by atoms with Gasteiger partial charge in [0.1, 0.15) is 11.5 Å². The van der Waals surface area contributed by atoms with E-state index in [-0.39, 0.29) is 11.9 Å². The number of hydrogen-bond donors (Lipinski definition) is 0. The number of thioether (sulfide) groups is 1. The molecule has 2 heterocycles. The number of benzene rings is 3. The molecule has 36 heavy (non-hydrogen) atoms. The van der Waals surface area contributed by atoms with Crippen LogP contribution in [0.5, 0.6) is 11.5 Å². The predicted octanol–water partition coefficient (Wildman–Crippen LogP) is 6.15. The van der Waals surface area contributed by atoms with Gasteiger partial charge in [-0.2, -0.15) is 5.10 Å². The largest absolute Gasteiger partial charge is 0.497 e. The van der Waals surface area contributed by atoms with Crippen LogP contribution in [0.1, 0.15) is 30.5 Å². The Kier molecular flexibility index (Phi) is 7.00. The van der Waals surface area contributed by atoms with Gasteiger partial charge in [0.2, 0.25) is 0 Å². The molecule has 1 amide bonds. The van der Waals surface area contributed by atoms with Gasteiger partial charge in [0.05, 0.1) is 31.7 Å². The maximum absolute atomic E-state index is 13.6. The molecule has 4 aromatic rings. The molecule has 1 aromatic heterocycles. The number of rotatable bonds is 8. The summed E-state index contributed by atoms with van der Waals surface area (Å²) in [4.78, 5) is 14.7. The van der Waals surface area contributed by atoms with Gasteiger partial charge >= 0.3 is 0 Å². The number of para-hydroxylation sites is 1. The van der Waals surface area contributed by atoms with E-state index in [1.54, 1.807) is 31.0 Å². The summed E-state index contributed by atoms with van der Waals surface area (Å²) < 4.78 is 12.8. The number of fused-ring (bicyclic) bond motifs is 1. The first-order chi connectivity index (χ1) is 17.6. The second kappa shape index (κ2) is 10.5.